The van der Waals surface area contributed by atoms with E-state index < -0.39 is 0 Å². The molecule has 3 aromatic rings. The number of pyridine rings is 1. The Morgan fingerprint density at radius 2 is 1.88 bits per heavy atom. The standard InChI is InChI=1S/C19H19N3OS/c1-21-8-10-22(11-9-21)19(23)15-13-17(18-7-4-12-24-18)20-16-6-3-2-5-14(15)16/h2-7,12-13H,8-11H2,1H3. The molecule has 1 aliphatic rings. The van der Waals surface area contributed by atoms with Crippen LogP contribution in [-0.2, 0) is 0 Å². The van der Waals surface area contributed by atoms with Gasteiger partial charge in [0.15, 0.2) is 0 Å². The molecule has 1 aliphatic heterocycles. The van der Waals surface area contributed by atoms with Crippen LogP contribution in [0.1, 0.15) is 10.4 Å². The highest BCUT2D eigenvalue weighted by Crippen LogP contribution is 2.28. The molecule has 122 valence electrons. The molecule has 0 atom stereocenters. The topological polar surface area (TPSA) is 36.4 Å². The lowest BCUT2D eigenvalue weighted by molar-refractivity contribution is 0.0666. The third-order valence-corrected chi connectivity index (χ3v) is 5.40. The van der Waals surface area contributed by atoms with Gasteiger partial charge in [-0.3, -0.25) is 4.79 Å². The predicted octanol–water partition coefficient (Wildman–Crippen LogP) is 3.35. The van der Waals surface area contributed by atoms with Crippen LogP contribution >= 0.6 is 11.3 Å². The third kappa shape index (κ3) is 2.81. The normalized spacial score (nSPS) is 15.8. The lowest BCUT2D eigenvalue weighted by Gasteiger charge is -2.32. The summed E-state index contributed by atoms with van der Waals surface area (Å²) in [6, 6.07) is 13.9. The van der Waals surface area contributed by atoms with Crippen molar-refractivity contribution >= 4 is 28.1 Å². The van der Waals surface area contributed by atoms with Crippen LogP contribution in [0.15, 0.2) is 47.8 Å². The van der Waals surface area contributed by atoms with E-state index in [1.807, 2.05) is 52.7 Å². The fraction of sp³-hybridized carbons (Fsp3) is 0.263. The third-order valence-electron chi connectivity index (χ3n) is 4.51. The summed E-state index contributed by atoms with van der Waals surface area (Å²) in [5, 5.41) is 2.97. The minimum absolute atomic E-state index is 0.111. The Kier molecular flexibility index (Phi) is 4.04. The van der Waals surface area contributed by atoms with E-state index in [2.05, 4.69) is 11.9 Å². The number of piperazine rings is 1. The molecular weight excluding hydrogens is 318 g/mol. The zero-order chi connectivity index (χ0) is 16.5. The van der Waals surface area contributed by atoms with E-state index in [0.717, 1.165) is 53.2 Å². The number of benzene rings is 1. The molecule has 1 fully saturated rings. The number of fused-ring (bicyclic) bond motifs is 1. The average Bonchev–Trinajstić information content (AvgIpc) is 3.15. The van der Waals surface area contributed by atoms with Gasteiger partial charge in [0.1, 0.15) is 0 Å². The van der Waals surface area contributed by atoms with Crippen LogP contribution in [0, 0.1) is 0 Å². The molecule has 24 heavy (non-hydrogen) atoms. The molecule has 2 aromatic heterocycles. The van der Waals surface area contributed by atoms with Crippen molar-refractivity contribution in [3.8, 4) is 10.6 Å². The Morgan fingerprint density at radius 3 is 2.62 bits per heavy atom. The van der Waals surface area contributed by atoms with E-state index >= 15 is 0 Å². The fourth-order valence-corrected chi connectivity index (χ4v) is 3.77. The van der Waals surface area contributed by atoms with Crippen molar-refractivity contribution in [3.05, 3.63) is 53.4 Å². The van der Waals surface area contributed by atoms with Gasteiger partial charge in [0.2, 0.25) is 0 Å². The maximum absolute atomic E-state index is 13.1. The molecule has 0 N–H and O–H groups in total. The van der Waals surface area contributed by atoms with Gasteiger partial charge in [-0.05, 0) is 30.6 Å². The summed E-state index contributed by atoms with van der Waals surface area (Å²) in [5.74, 6) is 0.111. The number of para-hydroxylation sites is 1. The van der Waals surface area contributed by atoms with Gasteiger partial charge in [-0.15, -0.1) is 11.3 Å². The highest BCUT2D eigenvalue weighted by atomic mass is 32.1. The van der Waals surface area contributed by atoms with Crippen molar-refractivity contribution in [2.75, 3.05) is 33.2 Å². The average molecular weight is 337 g/mol. The van der Waals surface area contributed by atoms with Crippen LogP contribution in [0.3, 0.4) is 0 Å². The van der Waals surface area contributed by atoms with Crippen LogP contribution in [0.25, 0.3) is 21.5 Å². The summed E-state index contributed by atoms with van der Waals surface area (Å²) < 4.78 is 0. The lowest BCUT2D eigenvalue weighted by Crippen LogP contribution is -2.47. The van der Waals surface area contributed by atoms with Gasteiger partial charge < -0.3 is 9.80 Å². The van der Waals surface area contributed by atoms with Crippen LogP contribution in [0.5, 0.6) is 0 Å². The van der Waals surface area contributed by atoms with E-state index in [9.17, 15) is 4.79 Å². The van der Waals surface area contributed by atoms with Crippen LogP contribution in [0.4, 0.5) is 0 Å². The molecule has 0 aliphatic carbocycles. The molecule has 4 rings (SSSR count). The SMILES string of the molecule is CN1CCN(C(=O)c2cc(-c3cccs3)nc3ccccc23)CC1. The molecule has 1 saturated heterocycles. The number of carbonyl (C=O) groups is 1. The molecule has 0 radical (unpaired) electrons. The fourth-order valence-electron chi connectivity index (χ4n) is 3.08. The number of hydrogen-bond acceptors (Lipinski definition) is 4. The molecule has 0 unspecified atom stereocenters. The van der Waals surface area contributed by atoms with Crippen molar-refractivity contribution < 1.29 is 4.79 Å². The number of rotatable bonds is 2. The summed E-state index contributed by atoms with van der Waals surface area (Å²) in [5.41, 5.74) is 2.51. The molecule has 0 spiro atoms. The van der Waals surface area contributed by atoms with Gasteiger partial charge in [-0.2, -0.15) is 0 Å². The summed E-state index contributed by atoms with van der Waals surface area (Å²) in [6.45, 7) is 3.40. The Morgan fingerprint density at radius 1 is 1.08 bits per heavy atom. The number of carbonyl (C=O) groups excluding carboxylic acids is 1. The first kappa shape index (κ1) is 15.3. The molecular formula is C19H19N3OS. The van der Waals surface area contributed by atoms with E-state index in [-0.39, 0.29) is 5.91 Å². The van der Waals surface area contributed by atoms with E-state index in [4.69, 9.17) is 4.98 Å². The van der Waals surface area contributed by atoms with Crippen LogP contribution in [-0.4, -0.2) is 53.9 Å². The highest BCUT2D eigenvalue weighted by molar-refractivity contribution is 7.13. The second-order valence-electron chi connectivity index (χ2n) is 6.14. The Bertz CT molecular complexity index is 867. The maximum atomic E-state index is 13.1. The quantitative estimate of drug-likeness (QED) is 0.719. The number of hydrogen-bond donors (Lipinski definition) is 0. The van der Waals surface area contributed by atoms with Crippen LogP contribution in [0.2, 0.25) is 0 Å². The van der Waals surface area contributed by atoms with Crippen molar-refractivity contribution in [2.45, 2.75) is 0 Å². The van der Waals surface area contributed by atoms with Gasteiger partial charge in [0.05, 0.1) is 21.7 Å². The minimum atomic E-state index is 0.111. The predicted molar refractivity (Wildman–Crippen MR) is 98.5 cm³/mol. The highest BCUT2D eigenvalue weighted by Gasteiger charge is 2.23. The first-order chi connectivity index (χ1) is 11.7. The molecule has 1 aromatic carbocycles. The van der Waals surface area contributed by atoms with Gasteiger partial charge >= 0.3 is 0 Å². The summed E-state index contributed by atoms with van der Waals surface area (Å²) in [4.78, 5) is 23.2. The number of amides is 1. The molecule has 5 heteroatoms. The largest absolute Gasteiger partial charge is 0.336 e. The second kappa shape index (κ2) is 6.34. The molecule has 4 nitrogen and oxygen atoms in total. The van der Waals surface area contributed by atoms with Gasteiger partial charge in [0.25, 0.3) is 5.91 Å². The number of nitrogens with zero attached hydrogens (tertiary/aromatic N) is 3. The lowest BCUT2D eigenvalue weighted by atomic mass is 10.1. The van der Waals surface area contributed by atoms with E-state index in [1.165, 1.54) is 0 Å². The summed E-state index contributed by atoms with van der Waals surface area (Å²) in [7, 11) is 2.10. The monoisotopic (exact) mass is 337 g/mol. The number of thiophene rings is 1. The Balaban J connectivity index is 1.79. The summed E-state index contributed by atoms with van der Waals surface area (Å²) >= 11 is 1.65. The van der Waals surface area contributed by atoms with Crippen molar-refractivity contribution in [2.24, 2.45) is 0 Å². The van der Waals surface area contributed by atoms with Gasteiger partial charge in [-0.25, -0.2) is 4.98 Å². The van der Waals surface area contributed by atoms with E-state index in [0.29, 0.717) is 0 Å². The molecule has 3 heterocycles. The van der Waals surface area contributed by atoms with Crippen molar-refractivity contribution in [1.82, 2.24) is 14.8 Å². The molecule has 0 saturated carbocycles. The summed E-state index contributed by atoms with van der Waals surface area (Å²) in [6.07, 6.45) is 0. The zero-order valence-corrected chi connectivity index (χ0v) is 14.4. The maximum Gasteiger partial charge on any atom is 0.254 e. The minimum Gasteiger partial charge on any atom is -0.336 e. The molecule has 1 amide bonds. The van der Waals surface area contributed by atoms with Gasteiger partial charge in [0, 0.05) is 31.6 Å². The van der Waals surface area contributed by atoms with Crippen LogP contribution < -0.4 is 0 Å². The second-order valence-corrected chi connectivity index (χ2v) is 7.09. The number of aromatic nitrogens is 1. The zero-order valence-electron chi connectivity index (χ0n) is 13.6. The smallest absolute Gasteiger partial charge is 0.254 e. The van der Waals surface area contributed by atoms with E-state index in [1.54, 1.807) is 11.3 Å². The first-order valence-corrected chi connectivity index (χ1v) is 9.02. The Labute approximate surface area is 145 Å². The van der Waals surface area contributed by atoms with Gasteiger partial charge in [-0.1, -0.05) is 24.3 Å². The first-order valence-electron chi connectivity index (χ1n) is 8.14. The molecule has 0 bridgehead atoms. The van der Waals surface area contributed by atoms with Crippen molar-refractivity contribution in [1.29, 1.82) is 0 Å². The Hall–Kier alpha value is -2.24. The van der Waals surface area contributed by atoms with Crippen molar-refractivity contribution in [3.63, 3.8) is 0 Å². The number of likely N-dealkylation sites (N-methyl/N-ethyl adjacent to an activating group) is 1.